The van der Waals surface area contributed by atoms with E-state index in [2.05, 4.69) is 15.3 Å². The number of carbonyl (C=O) groups excluding carboxylic acids is 2. The molecule has 0 radical (unpaired) electrons. The SMILES string of the molecule is COc1ccccc1-c1c[nH]c2ncc(-c3ccc(NC(=O)N4CCC(O)C4)c(C(=O)N(C)C)c3)cc12. The number of aliphatic hydroxyl groups is 1. The molecule has 5 rings (SSSR count). The van der Waals surface area contributed by atoms with Crippen molar-refractivity contribution in [2.75, 3.05) is 39.6 Å². The van der Waals surface area contributed by atoms with Crippen LogP contribution in [-0.4, -0.2) is 77.2 Å². The van der Waals surface area contributed by atoms with Gasteiger partial charge in [0.2, 0.25) is 0 Å². The highest BCUT2D eigenvalue weighted by Gasteiger charge is 2.26. The number of ether oxygens (including phenoxy) is 1. The largest absolute Gasteiger partial charge is 0.496 e. The number of hydrogen-bond acceptors (Lipinski definition) is 5. The van der Waals surface area contributed by atoms with E-state index in [4.69, 9.17) is 4.74 Å². The van der Waals surface area contributed by atoms with Gasteiger partial charge >= 0.3 is 6.03 Å². The summed E-state index contributed by atoms with van der Waals surface area (Å²) in [5, 5.41) is 13.5. The van der Waals surface area contributed by atoms with Crippen molar-refractivity contribution in [1.82, 2.24) is 19.8 Å². The van der Waals surface area contributed by atoms with E-state index in [0.29, 0.717) is 24.2 Å². The van der Waals surface area contributed by atoms with E-state index in [1.165, 1.54) is 4.90 Å². The van der Waals surface area contributed by atoms with Crippen molar-refractivity contribution in [3.63, 3.8) is 0 Å². The second-order valence-electron chi connectivity index (χ2n) is 9.30. The molecule has 1 atom stereocenters. The number of carbonyl (C=O) groups is 2. The highest BCUT2D eigenvalue weighted by molar-refractivity contribution is 6.05. The van der Waals surface area contributed by atoms with E-state index >= 15 is 0 Å². The summed E-state index contributed by atoms with van der Waals surface area (Å²) in [6.45, 7) is 0.747. The summed E-state index contributed by atoms with van der Waals surface area (Å²) in [5.74, 6) is 0.530. The van der Waals surface area contributed by atoms with Gasteiger partial charge in [-0.3, -0.25) is 4.79 Å². The minimum Gasteiger partial charge on any atom is -0.496 e. The molecule has 4 aromatic rings. The monoisotopic (exact) mass is 499 g/mol. The number of rotatable bonds is 5. The van der Waals surface area contributed by atoms with Crippen LogP contribution in [0.25, 0.3) is 33.3 Å². The van der Waals surface area contributed by atoms with Crippen LogP contribution in [0.5, 0.6) is 5.75 Å². The predicted octanol–water partition coefficient (Wildman–Crippen LogP) is 4.21. The van der Waals surface area contributed by atoms with Gasteiger partial charge in [-0.2, -0.15) is 0 Å². The van der Waals surface area contributed by atoms with Crippen molar-refractivity contribution >= 4 is 28.7 Å². The number of β-amino-alcohol motifs (C(OH)–C–C–N with tert-alkyl or cyclic N) is 1. The third kappa shape index (κ3) is 4.73. The number of methoxy groups -OCH3 is 1. The normalized spacial score (nSPS) is 15.1. The Balaban J connectivity index is 1.53. The Morgan fingerprint density at radius 2 is 1.95 bits per heavy atom. The standard InChI is InChI=1S/C28H29N5O4/c1-32(2)27(35)22-12-17(8-9-24(22)31-28(36)33-11-10-19(34)16-33)18-13-21-23(15-30-26(21)29-14-18)20-6-4-5-7-25(20)37-3/h4-9,12-15,19,34H,10-11,16H2,1-3H3,(H,29,30)(H,31,36). The molecule has 3 amide bonds. The molecule has 1 aliphatic heterocycles. The molecule has 0 bridgehead atoms. The molecule has 0 saturated carbocycles. The highest BCUT2D eigenvalue weighted by atomic mass is 16.5. The Morgan fingerprint density at radius 1 is 1.14 bits per heavy atom. The van der Waals surface area contributed by atoms with Crippen LogP contribution in [0.2, 0.25) is 0 Å². The molecule has 0 spiro atoms. The van der Waals surface area contributed by atoms with Gasteiger partial charge in [-0.05, 0) is 36.2 Å². The zero-order valence-electron chi connectivity index (χ0n) is 21.0. The smallest absolute Gasteiger partial charge is 0.321 e. The maximum atomic E-state index is 13.1. The van der Waals surface area contributed by atoms with Gasteiger partial charge < -0.3 is 29.9 Å². The van der Waals surface area contributed by atoms with E-state index in [0.717, 1.165) is 39.0 Å². The lowest BCUT2D eigenvalue weighted by atomic mass is 9.99. The molecule has 3 N–H and O–H groups in total. The molecule has 0 aliphatic carbocycles. The molecule has 1 unspecified atom stereocenters. The number of fused-ring (bicyclic) bond motifs is 1. The number of nitrogens with zero attached hydrogens (tertiary/aromatic N) is 3. The van der Waals surface area contributed by atoms with Crippen molar-refractivity contribution < 1.29 is 19.4 Å². The van der Waals surface area contributed by atoms with E-state index in [1.54, 1.807) is 44.4 Å². The molecule has 1 aliphatic rings. The topological polar surface area (TPSA) is 111 Å². The van der Waals surface area contributed by atoms with Gasteiger partial charge in [0, 0.05) is 61.7 Å². The second-order valence-corrected chi connectivity index (χ2v) is 9.30. The Hall–Kier alpha value is -4.37. The number of hydrogen-bond donors (Lipinski definition) is 3. The summed E-state index contributed by atoms with van der Waals surface area (Å²) in [5.41, 5.74) is 5.06. The predicted molar refractivity (Wildman–Crippen MR) is 143 cm³/mol. The summed E-state index contributed by atoms with van der Waals surface area (Å²) in [6.07, 6.45) is 3.69. The average molecular weight is 500 g/mol. The third-order valence-corrected chi connectivity index (χ3v) is 6.61. The van der Waals surface area contributed by atoms with Crippen LogP contribution in [0.3, 0.4) is 0 Å². The number of H-pyrrole nitrogens is 1. The Bertz CT molecular complexity index is 1480. The molecule has 37 heavy (non-hydrogen) atoms. The fraction of sp³-hybridized carbons (Fsp3) is 0.250. The van der Waals surface area contributed by atoms with Crippen LogP contribution in [0.4, 0.5) is 10.5 Å². The number of aliphatic hydroxyl groups excluding tert-OH is 1. The van der Waals surface area contributed by atoms with Crippen LogP contribution in [0, 0.1) is 0 Å². The molecule has 9 heteroatoms. The fourth-order valence-corrected chi connectivity index (χ4v) is 4.62. The number of urea groups is 1. The van der Waals surface area contributed by atoms with Crippen LogP contribution in [0.1, 0.15) is 16.8 Å². The minimum atomic E-state index is -0.521. The first kappa shape index (κ1) is 24.3. The second kappa shape index (κ2) is 9.94. The van der Waals surface area contributed by atoms with Crippen molar-refractivity contribution in [3.05, 3.63) is 66.5 Å². The molecule has 190 valence electrons. The Morgan fingerprint density at radius 3 is 2.68 bits per heavy atom. The zero-order valence-corrected chi connectivity index (χ0v) is 21.0. The third-order valence-electron chi connectivity index (χ3n) is 6.61. The van der Waals surface area contributed by atoms with E-state index in [9.17, 15) is 14.7 Å². The number of para-hydroxylation sites is 1. The van der Waals surface area contributed by atoms with Gasteiger partial charge in [0.25, 0.3) is 5.91 Å². The molecule has 3 heterocycles. The number of aromatic amines is 1. The van der Waals surface area contributed by atoms with E-state index in [-0.39, 0.29) is 18.5 Å². The molecule has 2 aromatic carbocycles. The fourth-order valence-electron chi connectivity index (χ4n) is 4.62. The summed E-state index contributed by atoms with van der Waals surface area (Å²) in [6, 6.07) is 14.9. The number of benzene rings is 2. The molecular formula is C28H29N5O4. The van der Waals surface area contributed by atoms with Gasteiger partial charge in [0.1, 0.15) is 11.4 Å². The first-order valence-corrected chi connectivity index (χ1v) is 12.1. The highest BCUT2D eigenvalue weighted by Crippen LogP contribution is 2.36. The van der Waals surface area contributed by atoms with Crippen molar-refractivity contribution in [2.24, 2.45) is 0 Å². The average Bonchev–Trinajstić information content (AvgIpc) is 3.54. The number of pyridine rings is 1. The zero-order chi connectivity index (χ0) is 26.1. The molecule has 9 nitrogen and oxygen atoms in total. The van der Waals surface area contributed by atoms with E-state index < -0.39 is 6.10 Å². The lowest BCUT2D eigenvalue weighted by molar-refractivity contribution is 0.0828. The summed E-state index contributed by atoms with van der Waals surface area (Å²) < 4.78 is 5.56. The number of amides is 3. The van der Waals surface area contributed by atoms with Crippen LogP contribution < -0.4 is 10.1 Å². The quantitative estimate of drug-likeness (QED) is 0.381. The van der Waals surface area contributed by atoms with Crippen molar-refractivity contribution in [3.8, 4) is 28.0 Å². The number of likely N-dealkylation sites (tertiary alicyclic amines) is 1. The maximum absolute atomic E-state index is 13.1. The van der Waals surface area contributed by atoms with E-state index in [1.807, 2.05) is 42.6 Å². The lowest BCUT2D eigenvalue weighted by Gasteiger charge is -2.20. The molecule has 1 fully saturated rings. The Kier molecular flexibility index (Phi) is 6.54. The molecule has 1 saturated heterocycles. The number of aromatic nitrogens is 2. The molecular weight excluding hydrogens is 470 g/mol. The molecule has 2 aromatic heterocycles. The maximum Gasteiger partial charge on any atom is 0.321 e. The lowest BCUT2D eigenvalue weighted by Crippen LogP contribution is -2.34. The Labute approximate surface area is 214 Å². The van der Waals surface area contributed by atoms with Crippen molar-refractivity contribution in [1.29, 1.82) is 0 Å². The van der Waals surface area contributed by atoms with Crippen LogP contribution >= 0.6 is 0 Å². The van der Waals surface area contributed by atoms with Gasteiger partial charge in [-0.1, -0.05) is 24.3 Å². The van der Waals surface area contributed by atoms with Gasteiger partial charge in [-0.15, -0.1) is 0 Å². The summed E-state index contributed by atoms with van der Waals surface area (Å²) in [4.78, 5) is 36.7. The summed E-state index contributed by atoms with van der Waals surface area (Å²) in [7, 11) is 4.99. The first-order valence-electron chi connectivity index (χ1n) is 12.1. The van der Waals surface area contributed by atoms with Crippen molar-refractivity contribution in [2.45, 2.75) is 12.5 Å². The summed E-state index contributed by atoms with van der Waals surface area (Å²) >= 11 is 0. The number of anilines is 1. The van der Waals surface area contributed by atoms with Crippen LogP contribution in [-0.2, 0) is 0 Å². The minimum absolute atomic E-state index is 0.232. The van der Waals surface area contributed by atoms with Crippen LogP contribution in [0.15, 0.2) is 60.9 Å². The van der Waals surface area contributed by atoms with Gasteiger partial charge in [0.15, 0.2) is 0 Å². The van der Waals surface area contributed by atoms with Gasteiger partial charge in [-0.25, -0.2) is 9.78 Å². The van der Waals surface area contributed by atoms with Gasteiger partial charge in [0.05, 0.1) is 24.5 Å². The first-order chi connectivity index (χ1) is 17.9. The number of nitrogens with one attached hydrogen (secondary N) is 2.